The normalized spacial score (nSPS) is 15.3. The number of hydrogen-bond acceptors (Lipinski definition) is 6. The Morgan fingerprint density at radius 3 is 2.38 bits per heavy atom. The summed E-state index contributed by atoms with van der Waals surface area (Å²) < 4.78 is 14.0. The Labute approximate surface area is 197 Å². The molecule has 2 heterocycles. The Kier molecular flexibility index (Phi) is 7.56. The maximum Gasteiger partial charge on any atom is 0.272 e. The van der Waals surface area contributed by atoms with Crippen molar-refractivity contribution in [3.63, 3.8) is 0 Å². The van der Waals surface area contributed by atoms with Gasteiger partial charge in [0.2, 0.25) is 5.91 Å². The molecule has 8 nitrogen and oxygen atoms in total. The number of nitrogens with two attached hydrogens (primary N) is 1. The molecule has 4 N–H and O–H groups in total. The van der Waals surface area contributed by atoms with Gasteiger partial charge < -0.3 is 16.2 Å². The van der Waals surface area contributed by atoms with Crippen molar-refractivity contribution in [3.05, 3.63) is 66.2 Å². The van der Waals surface area contributed by atoms with Crippen LogP contribution in [0.25, 0.3) is 11.0 Å². The highest BCUT2D eigenvalue weighted by Crippen LogP contribution is 2.30. The number of nitrogens with one attached hydrogen (secondary N) is 1. The number of para-hydroxylation sites is 2. The molecule has 2 aromatic heterocycles. The van der Waals surface area contributed by atoms with Gasteiger partial charge in [0.25, 0.3) is 5.91 Å². The third-order valence-corrected chi connectivity index (χ3v) is 5.92. The fourth-order valence-electron chi connectivity index (χ4n) is 3.75. The first-order chi connectivity index (χ1) is 16.0. The lowest BCUT2D eigenvalue weighted by Gasteiger charge is -2.36. The molecular formula is C25H30FN5O3. The van der Waals surface area contributed by atoms with Gasteiger partial charge >= 0.3 is 0 Å². The van der Waals surface area contributed by atoms with E-state index in [0.717, 1.165) is 0 Å². The predicted molar refractivity (Wildman–Crippen MR) is 126 cm³/mol. The van der Waals surface area contributed by atoms with E-state index >= 15 is 0 Å². The highest BCUT2D eigenvalue weighted by molar-refractivity contribution is 5.94. The topological polar surface area (TPSA) is 131 Å². The van der Waals surface area contributed by atoms with Crippen LogP contribution in [-0.4, -0.2) is 43.6 Å². The zero-order valence-electron chi connectivity index (χ0n) is 19.5. The van der Waals surface area contributed by atoms with Crippen LogP contribution in [0.2, 0.25) is 0 Å². The zero-order chi connectivity index (χ0) is 24.9. The Bertz CT molecular complexity index is 1150. The number of fused-ring (bicyclic) bond motifs is 1. The fourth-order valence-corrected chi connectivity index (χ4v) is 3.75. The Morgan fingerprint density at radius 2 is 1.76 bits per heavy atom. The molecule has 0 aliphatic carbocycles. The van der Waals surface area contributed by atoms with Gasteiger partial charge in [-0.05, 0) is 64.3 Å². The number of primary amides is 1. The van der Waals surface area contributed by atoms with Gasteiger partial charge in [-0.15, -0.1) is 0 Å². The number of carbonyl (C=O) groups excluding carboxylic acids is 2. The second kappa shape index (κ2) is 10.2. The van der Waals surface area contributed by atoms with Crippen LogP contribution in [0.3, 0.4) is 0 Å². The van der Waals surface area contributed by atoms with Gasteiger partial charge in [-0.25, -0.2) is 9.37 Å². The first-order valence-electron chi connectivity index (χ1n) is 11.1. The number of benzene rings is 1. The molecule has 180 valence electrons. The number of hydrogen-bond donors (Lipinski definition) is 3. The molecular weight excluding hydrogens is 437 g/mol. The fraction of sp³-hybridized carbons (Fsp3) is 0.400. The van der Waals surface area contributed by atoms with Gasteiger partial charge in [-0.3, -0.25) is 19.6 Å². The number of carbonyl (C=O) groups is 2. The van der Waals surface area contributed by atoms with Crippen LogP contribution in [0.4, 0.5) is 4.39 Å². The van der Waals surface area contributed by atoms with Crippen molar-refractivity contribution in [2.24, 2.45) is 11.7 Å². The van der Waals surface area contributed by atoms with E-state index in [4.69, 9.17) is 5.73 Å². The van der Waals surface area contributed by atoms with Gasteiger partial charge in [0.05, 0.1) is 29.0 Å². The third-order valence-electron chi connectivity index (χ3n) is 5.92. The molecule has 0 saturated carbocycles. The Balaban J connectivity index is 1.89. The number of rotatable bonds is 10. The van der Waals surface area contributed by atoms with Crippen molar-refractivity contribution in [3.8, 4) is 0 Å². The summed E-state index contributed by atoms with van der Waals surface area (Å²) in [5.41, 5.74) is 4.34. The van der Waals surface area contributed by atoms with Gasteiger partial charge in [0.15, 0.2) is 0 Å². The molecule has 2 amide bonds. The molecule has 1 aromatic carbocycles. The number of halogens is 1. The molecule has 0 aliphatic rings. The summed E-state index contributed by atoms with van der Waals surface area (Å²) in [5.74, 6) is -1.99. The molecule has 0 spiro atoms. The van der Waals surface area contributed by atoms with Crippen molar-refractivity contribution in [2.75, 3.05) is 0 Å². The van der Waals surface area contributed by atoms with Crippen molar-refractivity contribution < 1.29 is 19.1 Å². The Hall–Kier alpha value is -3.46. The average Bonchev–Trinajstić information content (AvgIpc) is 2.80. The highest BCUT2D eigenvalue weighted by Gasteiger charge is 2.40. The van der Waals surface area contributed by atoms with E-state index in [1.165, 1.54) is 20.0 Å². The van der Waals surface area contributed by atoms with E-state index in [9.17, 15) is 19.1 Å². The number of aliphatic hydroxyl groups excluding tert-OH is 1. The minimum absolute atomic E-state index is 0.0682. The first kappa shape index (κ1) is 25.2. The number of pyridine rings is 1. The van der Waals surface area contributed by atoms with Crippen molar-refractivity contribution in [1.29, 1.82) is 0 Å². The second-order valence-corrected chi connectivity index (χ2v) is 9.22. The maximum absolute atomic E-state index is 14.0. The van der Waals surface area contributed by atoms with E-state index in [-0.39, 0.29) is 25.0 Å². The number of nitrogens with zero attached hydrogens (tertiary/aromatic N) is 3. The maximum atomic E-state index is 14.0. The summed E-state index contributed by atoms with van der Waals surface area (Å²) in [6.45, 7) is 4.46. The van der Waals surface area contributed by atoms with E-state index < -0.39 is 35.0 Å². The SMILES string of the molecule is CC(C)(F)CCC(CC(O)C(C)(NC(=O)c1cnc2ccccc2n1)c1ccccn1)C(N)=O. The molecule has 3 aromatic rings. The number of aliphatic hydroxyl groups is 1. The molecule has 3 rings (SSSR count). The molecule has 3 atom stereocenters. The van der Waals surface area contributed by atoms with Gasteiger partial charge in [-0.1, -0.05) is 18.2 Å². The molecule has 3 unspecified atom stereocenters. The van der Waals surface area contributed by atoms with Gasteiger partial charge in [-0.2, -0.15) is 0 Å². The quantitative estimate of drug-likeness (QED) is 0.420. The predicted octanol–water partition coefficient (Wildman–Crippen LogP) is 3.05. The minimum Gasteiger partial charge on any atom is -0.390 e. The number of aromatic nitrogens is 3. The second-order valence-electron chi connectivity index (χ2n) is 9.22. The van der Waals surface area contributed by atoms with E-state index in [1.54, 1.807) is 49.5 Å². The monoisotopic (exact) mass is 467 g/mol. The molecule has 0 fully saturated rings. The van der Waals surface area contributed by atoms with Gasteiger partial charge in [0.1, 0.15) is 16.9 Å². The molecule has 0 aliphatic heterocycles. The first-order valence-corrected chi connectivity index (χ1v) is 11.1. The Morgan fingerprint density at radius 1 is 1.09 bits per heavy atom. The lowest BCUT2D eigenvalue weighted by molar-refractivity contribution is -0.123. The molecule has 9 heteroatoms. The van der Waals surface area contributed by atoms with Crippen molar-refractivity contribution in [1.82, 2.24) is 20.3 Å². The summed E-state index contributed by atoms with van der Waals surface area (Å²) in [5, 5.41) is 14.1. The van der Waals surface area contributed by atoms with Crippen LogP contribution in [0.1, 0.15) is 56.2 Å². The number of alkyl halides is 1. The minimum atomic E-state index is -1.48. The van der Waals surface area contributed by atoms with Crippen LogP contribution >= 0.6 is 0 Å². The van der Waals surface area contributed by atoms with Crippen LogP contribution in [0.5, 0.6) is 0 Å². The molecule has 0 saturated heterocycles. The van der Waals surface area contributed by atoms with E-state index in [2.05, 4.69) is 20.3 Å². The summed E-state index contributed by atoms with van der Waals surface area (Å²) in [7, 11) is 0. The van der Waals surface area contributed by atoms with Crippen molar-refractivity contribution in [2.45, 2.75) is 57.3 Å². The largest absolute Gasteiger partial charge is 0.390 e. The van der Waals surface area contributed by atoms with Gasteiger partial charge in [0, 0.05) is 12.1 Å². The molecule has 0 bridgehead atoms. The lowest BCUT2D eigenvalue weighted by atomic mass is 9.82. The smallest absolute Gasteiger partial charge is 0.272 e. The third kappa shape index (κ3) is 6.11. The van der Waals surface area contributed by atoms with Crippen molar-refractivity contribution >= 4 is 22.8 Å². The summed E-state index contributed by atoms with van der Waals surface area (Å²) in [4.78, 5) is 38.2. The summed E-state index contributed by atoms with van der Waals surface area (Å²) in [6, 6.07) is 12.3. The van der Waals surface area contributed by atoms with Crippen LogP contribution < -0.4 is 11.1 Å². The summed E-state index contributed by atoms with van der Waals surface area (Å²) in [6.07, 6.45) is 1.84. The highest BCUT2D eigenvalue weighted by atomic mass is 19.1. The zero-order valence-corrected chi connectivity index (χ0v) is 19.5. The summed E-state index contributed by atoms with van der Waals surface area (Å²) >= 11 is 0. The standard InChI is InChI=1S/C25H30FN5O3/c1-24(2,26)12-11-16(22(27)33)14-21(32)25(3,20-10-6-7-13-28-20)31-23(34)19-15-29-17-8-4-5-9-18(17)30-19/h4-10,13,15-16,21,32H,11-12,14H2,1-3H3,(H2,27,33)(H,31,34). The van der Waals surface area contributed by atoms with Crippen LogP contribution in [0.15, 0.2) is 54.9 Å². The average molecular weight is 468 g/mol. The number of amides is 2. The van der Waals surface area contributed by atoms with Crippen LogP contribution in [0, 0.1) is 5.92 Å². The molecule has 0 radical (unpaired) electrons. The lowest BCUT2D eigenvalue weighted by Crippen LogP contribution is -2.53. The van der Waals surface area contributed by atoms with E-state index in [1.807, 2.05) is 6.07 Å². The van der Waals surface area contributed by atoms with E-state index in [0.29, 0.717) is 16.7 Å². The van der Waals surface area contributed by atoms with Crippen LogP contribution in [-0.2, 0) is 10.3 Å². The molecule has 34 heavy (non-hydrogen) atoms.